The van der Waals surface area contributed by atoms with Gasteiger partial charge in [-0.05, 0) is 37.1 Å². The Balaban J connectivity index is 1.43. The number of nitrogens with zero attached hydrogens (tertiary/aromatic N) is 3. The average Bonchev–Trinajstić information content (AvgIpc) is 3.06. The Labute approximate surface area is 170 Å². The van der Waals surface area contributed by atoms with E-state index in [0.717, 1.165) is 11.0 Å². The number of halogens is 3. The molecule has 0 atom stereocenters. The molecule has 2 aromatic rings. The lowest BCUT2D eigenvalue weighted by molar-refractivity contribution is -0.116. The summed E-state index contributed by atoms with van der Waals surface area (Å²) >= 11 is 0. The van der Waals surface area contributed by atoms with Crippen molar-refractivity contribution in [1.82, 2.24) is 9.80 Å². The van der Waals surface area contributed by atoms with Crippen molar-refractivity contribution in [3.63, 3.8) is 0 Å². The monoisotopic (exact) mass is 417 g/mol. The fraction of sp³-hybridized carbons (Fsp3) is 0.286. The minimum absolute atomic E-state index is 0.0514. The molecular formula is C21H18F3N3O3. The predicted molar refractivity (Wildman–Crippen MR) is 101 cm³/mol. The summed E-state index contributed by atoms with van der Waals surface area (Å²) in [5, 5.41) is 0. The molecule has 0 aliphatic carbocycles. The molecule has 2 aromatic carbocycles. The molecule has 6 nitrogen and oxygen atoms in total. The molecule has 0 bridgehead atoms. The lowest BCUT2D eigenvalue weighted by atomic mass is 10.0. The minimum atomic E-state index is -1.68. The molecule has 0 aromatic heterocycles. The maximum absolute atomic E-state index is 13.9. The molecule has 2 aliphatic rings. The van der Waals surface area contributed by atoms with E-state index in [9.17, 15) is 27.6 Å². The van der Waals surface area contributed by atoms with Crippen molar-refractivity contribution in [2.24, 2.45) is 0 Å². The Hall–Kier alpha value is -3.36. The van der Waals surface area contributed by atoms with Crippen molar-refractivity contribution in [3.8, 4) is 0 Å². The molecule has 0 unspecified atom stereocenters. The van der Waals surface area contributed by atoms with Gasteiger partial charge in [-0.3, -0.25) is 9.59 Å². The lowest BCUT2D eigenvalue weighted by Gasteiger charge is -2.36. The first-order valence-electron chi connectivity index (χ1n) is 9.50. The number of carbonyl (C=O) groups is 3. The van der Waals surface area contributed by atoms with Gasteiger partial charge in [0.05, 0.1) is 11.3 Å². The molecule has 4 rings (SSSR count). The second kappa shape index (κ2) is 7.81. The van der Waals surface area contributed by atoms with Gasteiger partial charge in [-0.25, -0.2) is 22.9 Å². The number of amides is 4. The fourth-order valence-corrected chi connectivity index (χ4v) is 3.88. The molecule has 0 N–H and O–H groups in total. The van der Waals surface area contributed by atoms with Crippen LogP contribution < -0.4 is 4.90 Å². The first kappa shape index (κ1) is 19.9. The average molecular weight is 417 g/mol. The third-order valence-corrected chi connectivity index (χ3v) is 5.46. The first-order valence-corrected chi connectivity index (χ1v) is 9.50. The molecule has 2 heterocycles. The zero-order chi connectivity index (χ0) is 21.4. The molecule has 0 saturated carbocycles. The smallest absolute Gasteiger partial charge is 0.332 e. The first-order chi connectivity index (χ1) is 14.4. The quantitative estimate of drug-likeness (QED) is 0.569. The highest BCUT2D eigenvalue weighted by atomic mass is 19.2. The van der Waals surface area contributed by atoms with Crippen LogP contribution in [0.4, 0.5) is 23.7 Å². The number of hydrogen-bond acceptors (Lipinski definition) is 3. The van der Waals surface area contributed by atoms with E-state index in [2.05, 4.69) is 0 Å². The molecule has 30 heavy (non-hydrogen) atoms. The SMILES string of the molecule is O=C(c1ccc(F)c(F)c1F)N1CCC(N2CC(=O)N(c3ccccc3)C2=O)CC1. The lowest BCUT2D eigenvalue weighted by Crippen LogP contribution is -2.48. The standard InChI is InChI=1S/C21H18F3N3O3/c22-16-7-6-15(18(23)19(16)24)20(29)25-10-8-13(9-11-25)26-12-17(28)27(21(26)30)14-4-2-1-3-5-14/h1-7,13H,8-12H2. The van der Waals surface area contributed by atoms with Gasteiger partial charge >= 0.3 is 6.03 Å². The molecule has 4 amide bonds. The van der Waals surface area contributed by atoms with E-state index in [1.165, 1.54) is 9.80 Å². The van der Waals surface area contributed by atoms with Gasteiger partial charge in [0, 0.05) is 19.1 Å². The highest BCUT2D eigenvalue weighted by molar-refractivity contribution is 6.19. The Morgan fingerprint density at radius 3 is 2.23 bits per heavy atom. The van der Waals surface area contributed by atoms with Crippen molar-refractivity contribution in [2.75, 3.05) is 24.5 Å². The summed E-state index contributed by atoms with van der Waals surface area (Å²) in [5.74, 6) is -5.62. The summed E-state index contributed by atoms with van der Waals surface area (Å²) in [7, 11) is 0. The molecule has 156 valence electrons. The Morgan fingerprint density at radius 1 is 0.900 bits per heavy atom. The van der Waals surface area contributed by atoms with Crippen molar-refractivity contribution >= 4 is 23.5 Å². The van der Waals surface area contributed by atoms with Crippen LogP contribution >= 0.6 is 0 Å². The Kier molecular flexibility index (Phi) is 5.19. The molecule has 2 saturated heterocycles. The van der Waals surface area contributed by atoms with Crippen molar-refractivity contribution < 1.29 is 27.6 Å². The second-order valence-electron chi connectivity index (χ2n) is 7.22. The zero-order valence-electron chi connectivity index (χ0n) is 15.9. The largest absolute Gasteiger partial charge is 0.338 e. The summed E-state index contributed by atoms with van der Waals surface area (Å²) in [6.07, 6.45) is 0.775. The fourth-order valence-electron chi connectivity index (χ4n) is 3.88. The Morgan fingerprint density at radius 2 is 1.57 bits per heavy atom. The number of urea groups is 1. The van der Waals surface area contributed by atoms with Crippen LogP contribution in [-0.4, -0.2) is 53.3 Å². The highest BCUT2D eigenvalue weighted by Gasteiger charge is 2.42. The minimum Gasteiger partial charge on any atom is -0.338 e. The number of piperidine rings is 1. The third kappa shape index (κ3) is 3.40. The molecule has 0 spiro atoms. The van der Waals surface area contributed by atoms with Gasteiger partial charge in [0.1, 0.15) is 6.54 Å². The van der Waals surface area contributed by atoms with Crippen LogP contribution in [0.1, 0.15) is 23.2 Å². The topological polar surface area (TPSA) is 60.9 Å². The van der Waals surface area contributed by atoms with Crippen LogP contribution in [0.2, 0.25) is 0 Å². The summed E-state index contributed by atoms with van der Waals surface area (Å²) in [6, 6.07) is 9.58. The van der Waals surface area contributed by atoms with Crippen LogP contribution in [0.25, 0.3) is 0 Å². The van der Waals surface area contributed by atoms with E-state index >= 15 is 0 Å². The number of rotatable bonds is 3. The van der Waals surface area contributed by atoms with Crippen molar-refractivity contribution in [2.45, 2.75) is 18.9 Å². The van der Waals surface area contributed by atoms with E-state index in [1.54, 1.807) is 30.3 Å². The molecular weight excluding hydrogens is 399 g/mol. The van der Waals surface area contributed by atoms with Crippen LogP contribution in [-0.2, 0) is 4.79 Å². The van der Waals surface area contributed by atoms with Crippen LogP contribution in [0, 0.1) is 17.5 Å². The second-order valence-corrected chi connectivity index (χ2v) is 7.22. The van der Waals surface area contributed by atoms with Gasteiger partial charge in [0.25, 0.3) is 11.8 Å². The van der Waals surface area contributed by atoms with Gasteiger partial charge in [0.2, 0.25) is 0 Å². The normalized spacial score (nSPS) is 17.8. The number of carbonyl (C=O) groups excluding carboxylic acids is 3. The van der Waals surface area contributed by atoms with Crippen LogP contribution in [0.3, 0.4) is 0 Å². The third-order valence-electron chi connectivity index (χ3n) is 5.46. The highest BCUT2D eigenvalue weighted by Crippen LogP contribution is 2.27. The maximum atomic E-state index is 13.9. The van der Waals surface area contributed by atoms with E-state index in [-0.39, 0.29) is 31.6 Å². The van der Waals surface area contributed by atoms with Crippen molar-refractivity contribution in [1.29, 1.82) is 0 Å². The van der Waals surface area contributed by atoms with E-state index < -0.39 is 35.0 Å². The van der Waals surface area contributed by atoms with Crippen LogP contribution in [0.15, 0.2) is 42.5 Å². The summed E-state index contributed by atoms with van der Waals surface area (Å²) < 4.78 is 40.5. The summed E-state index contributed by atoms with van der Waals surface area (Å²) in [5.41, 5.74) is -0.0357. The van der Waals surface area contributed by atoms with E-state index in [0.29, 0.717) is 24.6 Å². The Bertz CT molecular complexity index is 1010. The van der Waals surface area contributed by atoms with Gasteiger partial charge in [-0.2, -0.15) is 0 Å². The summed E-state index contributed by atoms with van der Waals surface area (Å²) in [6.45, 7) is 0.348. The predicted octanol–water partition coefficient (Wildman–Crippen LogP) is 3.18. The maximum Gasteiger partial charge on any atom is 0.332 e. The number of anilines is 1. The zero-order valence-corrected chi connectivity index (χ0v) is 15.9. The van der Waals surface area contributed by atoms with Gasteiger partial charge in [0.15, 0.2) is 17.5 Å². The molecule has 2 aliphatic heterocycles. The van der Waals surface area contributed by atoms with Gasteiger partial charge in [-0.1, -0.05) is 18.2 Å². The number of hydrogen-bond donors (Lipinski definition) is 0. The number of likely N-dealkylation sites (tertiary alicyclic amines) is 1. The summed E-state index contributed by atoms with van der Waals surface area (Å²) in [4.78, 5) is 41.6. The number of benzene rings is 2. The molecule has 9 heteroatoms. The number of para-hydroxylation sites is 1. The molecule has 2 fully saturated rings. The van der Waals surface area contributed by atoms with Crippen LogP contribution in [0.5, 0.6) is 0 Å². The van der Waals surface area contributed by atoms with E-state index in [4.69, 9.17) is 0 Å². The van der Waals surface area contributed by atoms with E-state index in [1.807, 2.05) is 0 Å². The molecule has 0 radical (unpaired) electrons. The number of imide groups is 1. The van der Waals surface area contributed by atoms with Gasteiger partial charge < -0.3 is 9.80 Å². The van der Waals surface area contributed by atoms with Gasteiger partial charge in [-0.15, -0.1) is 0 Å². The van der Waals surface area contributed by atoms with Crippen molar-refractivity contribution in [3.05, 3.63) is 65.5 Å².